The molecule has 1 saturated heterocycles. The molecule has 8 atom stereocenters. The van der Waals surface area contributed by atoms with Gasteiger partial charge in [-0.05, 0) is 23.7 Å². The first-order valence-corrected chi connectivity index (χ1v) is 7.89. The van der Waals surface area contributed by atoms with Gasteiger partial charge >= 0.3 is 0 Å². The van der Waals surface area contributed by atoms with Crippen LogP contribution in [0.3, 0.4) is 0 Å². The summed E-state index contributed by atoms with van der Waals surface area (Å²) < 4.78 is 11.8. The highest BCUT2D eigenvalue weighted by atomic mass is 79.9. The molecule has 1 spiro atoms. The Morgan fingerprint density at radius 1 is 1.00 bits per heavy atom. The highest BCUT2D eigenvalue weighted by Gasteiger charge is 3.04. The Morgan fingerprint density at radius 2 is 1.65 bits per heavy atom. The molecule has 5 heteroatoms. The number of alkyl halides is 2. The lowest BCUT2D eigenvalue weighted by Gasteiger charge is -2.69. The second kappa shape index (κ2) is 2.11. The van der Waals surface area contributed by atoms with Crippen molar-refractivity contribution in [3.05, 3.63) is 0 Å². The minimum Gasteiger partial charge on any atom is -0.346 e. The molecule has 6 aliphatic carbocycles. The number of ketones is 1. The highest BCUT2D eigenvalue weighted by molar-refractivity contribution is 9.10. The van der Waals surface area contributed by atoms with Crippen LogP contribution in [0.4, 0.5) is 0 Å². The summed E-state index contributed by atoms with van der Waals surface area (Å²) in [6.07, 6.45) is 0. The lowest BCUT2D eigenvalue weighted by molar-refractivity contribution is -0.199. The number of rotatable bonds is 0. The molecule has 0 aromatic rings. The van der Waals surface area contributed by atoms with Gasteiger partial charge in [0.15, 0.2) is 11.6 Å². The summed E-state index contributed by atoms with van der Waals surface area (Å²) in [5, 5.41) is 0. The monoisotopic (exact) mass is 360 g/mol. The molecule has 7 rings (SSSR count). The Bertz CT molecular complexity index is 516. The van der Waals surface area contributed by atoms with E-state index in [0.29, 0.717) is 48.6 Å². The predicted octanol–water partition coefficient (Wildman–Crippen LogP) is 1.33. The Balaban J connectivity index is 1.69. The summed E-state index contributed by atoms with van der Waals surface area (Å²) in [7, 11) is 0. The minimum atomic E-state index is -0.476. The van der Waals surface area contributed by atoms with Crippen LogP contribution in [0.5, 0.6) is 0 Å². The summed E-state index contributed by atoms with van der Waals surface area (Å²) >= 11 is 7.73. The van der Waals surface area contributed by atoms with Gasteiger partial charge < -0.3 is 9.47 Å². The minimum absolute atomic E-state index is 0.0510. The lowest BCUT2D eigenvalue weighted by Crippen LogP contribution is -2.75. The summed E-state index contributed by atoms with van der Waals surface area (Å²) in [6.45, 7) is 1.35. The van der Waals surface area contributed by atoms with Crippen LogP contribution in [-0.2, 0) is 14.3 Å². The number of hydrogen-bond acceptors (Lipinski definition) is 3. The van der Waals surface area contributed by atoms with Crippen molar-refractivity contribution in [3.8, 4) is 0 Å². The maximum Gasteiger partial charge on any atom is 0.188 e. The quantitative estimate of drug-likeness (QED) is 0.611. The number of hydrogen-bond donors (Lipinski definition) is 0. The van der Waals surface area contributed by atoms with Gasteiger partial charge in [0.1, 0.15) is 0 Å². The fourth-order valence-corrected chi connectivity index (χ4v) is 9.62. The van der Waals surface area contributed by atoms with Gasteiger partial charge in [-0.3, -0.25) is 4.79 Å². The van der Waals surface area contributed by atoms with Crippen molar-refractivity contribution in [1.29, 1.82) is 0 Å². The summed E-state index contributed by atoms with van der Waals surface area (Å²) in [4.78, 5) is 12.5. The Labute approximate surface area is 115 Å². The second-order valence-electron chi connectivity index (χ2n) is 6.42. The zero-order valence-corrected chi connectivity index (χ0v) is 12.0. The van der Waals surface area contributed by atoms with Crippen molar-refractivity contribution < 1.29 is 14.3 Å². The molecular weight excluding hydrogens is 352 g/mol. The van der Waals surface area contributed by atoms with Gasteiger partial charge in [-0.2, -0.15) is 0 Å². The maximum atomic E-state index is 12.5. The molecule has 3 nitrogen and oxygen atoms in total. The number of carbonyl (C=O) groups excluding carboxylic acids is 1. The third kappa shape index (κ3) is 0.514. The molecule has 7 aliphatic rings. The fourth-order valence-electron chi connectivity index (χ4n) is 6.58. The van der Waals surface area contributed by atoms with Crippen molar-refractivity contribution in [2.75, 3.05) is 13.2 Å². The third-order valence-electron chi connectivity index (χ3n) is 6.63. The fraction of sp³-hybridized carbons (Fsp3) is 0.917. The smallest absolute Gasteiger partial charge is 0.188 e. The molecule has 0 N–H and O–H groups in total. The van der Waals surface area contributed by atoms with Crippen molar-refractivity contribution in [2.24, 2.45) is 35.5 Å². The molecule has 0 amide bonds. The van der Waals surface area contributed by atoms with Gasteiger partial charge in [0.25, 0.3) is 0 Å². The number of halogens is 2. The first-order chi connectivity index (χ1) is 8.10. The van der Waals surface area contributed by atoms with Gasteiger partial charge in [0.05, 0.1) is 21.9 Å². The van der Waals surface area contributed by atoms with E-state index in [1.807, 2.05) is 0 Å². The van der Waals surface area contributed by atoms with E-state index in [4.69, 9.17) is 9.47 Å². The van der Waals surface area contributed by atoms with Gasteiger partial charge in [0.2, 0.25) is 0 Å². The van der Waals surface area contributed by atoms with E-state index in [2.05, 4.69) is 31.9 Å². The summed E-state index contributed by atoms with van der Waals surface area (Å²) in [5.41, 5.74) is 0. The molecule has 0 aromatic carbocycles. The Hall–Kier alpha value is 0.550. The molecule has 0 radical (unpaired) electrons. The standard InChI is InChI=1S/C12H10Br2O3/c13-10-6-4-3(9(10)15)5-7(10)8(6)11(4,14)12(5)16-1-2-17-12/h3-8H,1-2H2. The van der Waals surface area contributed by atoms with Crippen LogP contribution in [0.1, 0.15) is 0 Å². The first kappa shape index (κ1) is 9.45. The molecule has 7 fully saturated rings. The predicted molar refractivity (Wildman–Crippen MR) is 63.9 cm³/mol. The molecule has 1 heterocycles. The molecule has 8 unspecified atom stereocenters. The zero-order valence-electron chi connectivity index (χ0n) is 8.86. The number of ether oxygens (including phenoxy) is 2. The van der Waals surface area contributed by atoms with E-state index >= 15 is 0 Å². The van der Waals surface area contributed by atoms with Crippen LogP contribution < -0.4 is 0 Å². The molecule has 4 bridgehead atoms. The van der Waals surface area contributed by atoms with E-state index in [0.717, 1.165) is 0 Å². The second-order valence-corrected chi connectivity index (χ2v) is 9.04. The van der Waals surface area contributed by atoms with Gasteiger partial charge in [-0.15, -0.1) is 0 Å². The van der Waals surface area contributed by atoms with Gasteiger partial charge in [-0.25, -0.2) is 0 Å². The molecule has 0 aromatic heterocycles. The zero-order chi connectivity index (χ0) is 11.4. The van der Waals surface area contributed by atoms with Crippen LogP contribution in [0.2, 0.25) is 0 Å². The van der Waals surface area contributed by atoms with Crippen LogP contribution in [0.25, 0.3) is 0 Å². The van der Waals surface area contributed by atoms with E-state index in [-0.39, 0.29) is 14.6 Å². The summed E-state index contributed by atoms with van der Waals surface area (Å²) in [6, 6.07) is 0. The maximum absolute atomic E-state index is 12.5. The normalized spacial score (nSPS) is 74.6. The molecule has 6 saturated carbocycles. The first-order valence-electron chi connectivity index (χ1n) is 6.30. The molecular formula is C12H10Br2O3. The van der Waals surface area contributed by atoms with E-state index in [1.165, 1.54) is 0 Å². The van der Waals surface area contributed by atoms with Crippen LogP contribution in [0, 0.1) is 35.5 Å². The van der Waals surface area contributed by atoms with Crippen molar-refractivity contribution in [3.63, 3.8) is 0 Å². The Kier molecular flexibility index (Phi) is 1.17. The van der Waals surface area contributed by atoms with Crippen molar-refractivity contribution in [1.82, 2.24) is 0 Å². The van der Waals surface area contributed by atoms with Crippen molar-refractivity contribution in [2.45, 2.75) is 14.4 Å². The third-order valence-corrected chi connectivity index (χ3v) is 9.69. The average Bonchev–Trinajstić information content (AvgIpc) is 2.96. The van der Waals surface area contributed by atoms with E-state index in [1.54, 1.807) is 0 Å². The topological polar surface area (TPSA) is 35.5 Å². The summed E-state index contributed by atoms with van der Waals surface area (Å²) in [5.74, 6) is 2.50. The van der Waals surface area contributed by atoms with E-state index < -0.39 is 5.79 Å². The van der Waals surface area contributed by atoms with Gasteiger partial charge in [0, 0.05) is 11.8 Å². The largest absolute Gasteiger partial charge is 0.346 e. The number of carbonyl (C=O) groups is 1. The van der Waals surface area contributed by atoms with Crippen LogP contribution in [-0.4, -0.2) is 33.4 Å². The van der Waals surface area contributed by atoms with Crippen LogP contribution in [0.15, 0.2) is 0 Å². The van der Waals surface area contributed by atoms with Gasteiger partial charge in [-0.1, -0.05) is 31.9 Å². The lowest BCUT2D eigenvalue weighted by atomic mass is 9.40. The highest BCUT2D eigenvalue weighted by Crippen LogP contribution is 2.96. The number of Topliss-reactive ketones (excluding diaryl/α,β-unsaturated/α-hetero) is 1. The van der Waals surface area contributed by atoms with E-state index in [9.17, 15) is 4.79 Å². The molecule has 90 valence electrons. The van der Waals surface area contributed by atoms with Crippen LogP contribution >= 0.6 is 31.9 Å². The molecule has 17 heavy (non-hydrogen) atoms. The SMILES string of the molecule is O=C1C2C3C4C5C(C2C5(Br)C32OCCO2)C14Br. The molecule has 1 aliphatic heterocycles. The van der Waals surface area contributed by atoms with Crippen molar-refractivity contribution >= 4 is 37.6 Å². The Morgan fingerprint density at radius 3 is 2.24 bits per heavy atom. The average molecular weight is 362 g/mol.